The number of piperidine rings is 1. The lowest BCUT2D eigenvalue weighted by Gasteiger charge is -2.35. The first-order valence-corrected chi connectivity index (χ1v) is 11.4. The molecule has 1 aliphatic rings. The molecule has 1 saturated heterocycles. The predicted octanol–water partition coefficient (Wildman–Crippen LogP) is 2.80. The Morgan fingerprint density at radius 3 is 2.68 bits per heavy atom. The summed E-state index contributed by atoms with van der Waals surface area (Å²) < 4.78 is 1.90. The zero-order valence-electron chi connectivity index (χ0n) is 19.7. The molecule has 1 atom stereocenters. The number of benzene rings is 1. The van der Waals surface area contributed by atoms with E-state index in [1.54, 1.807) is 24.2 Å². The molecule has 9 nitrogen and oxygen atoms in total. The first kappa shape index (κ1) is 23.6. The lowest BCUT2D eigenvalue weighted by atomic mass is 9.93. The van der Waals surface area contributed by atoms with Crippen LogP contribution in [0.15, 0.2) is 48.9 Å². The van der Waals surface area contributed by atoms with Crippen LogP contribution in [0.2, 0.25) is 0 Å². The van der Waals surface area contributed by atoms with Gasteiger partial charge in [0.05, 0.1) is 5.60 Å². The number of hydrogen-bond donors (Lipinski definition) is 2. The Labute approximate surface area is 198 Å². The van der Waals surface area contributed by atoms with E-state index in [-0.39, 0.29) is 23.4 Å². The van der Waals surface area contributed by atoms with Gasteiger partial charge in [0, 0.05) is 44.0 Å². The molecule has 3 heterocycles. The number of anilines is 1. The Kier molecular flexibility index (Phi) is 6.74. The highest BCUT2D eigenvalue weighted by atomic mass is 16.3. The summed E-state index contributed by atoms with van der Waals surface area (Å²) in [5.41, 5.74) is 1.57. The van der Waals surface area contributed by atoms with Crippen LogP contribution in [-0.2, 0) is 13.5 Å². The number of aryl methyl sites for hydroxylation is 1. The number of carbonyl (C=O) groups is 2. The molecular weight excluding hydrogens is 432 g/mol. The van der Waals surface area contributed by atoms with Crippen LogP contribution >= 0.6 is 0 Å². The van der Waals surface area contributed by atoms with Crippen LogP contribution in [0.1, 0.15) is 64.8 Å². The van der Waals surface area contributed by atoms with Crippen LogP contribution in [0, 0.1) is 0 Å². The van der Waals surface area contributed by atoms with Crippen molar-refractivity contribution in [1.29, 1.82) is 0 Å². The molecule has 3 aromatic rings. The molecule has 0 saturated carbocycles. The number of aliphatic hydroxyl groups is 1. The minimum atomic E-state index is -0.736. The Morgan fingerprint density at radius 2 is 1.97 bits per heavy atom. The van der Waals surface area contributed by atoms with Crippen molar-refractivity contribution in [3.8, 4) is 0 Å². The van der Waals surface area contributed by atoms with Gasteiger partial charge in [-0.3, -0.25) is 14.6 Å². The highest BCUT2D eigenvalue weighted by Gasteiger charge is 2.30. The van der Waals surface area contributed by atoms with Gasteiger partial charge in [-0.2, -0.15) is 0 Å². The van der Waals surface area contributed by atoms with Gasteiger partial charge in [0.25, 0.3) is 11.8 Å². The Morgan fingerprint density at radius 1 is 1.21 bits per heavy atom. The van der Waals surface area contributed by atoms with E-state index in [4.69, 9.17) is 0 Å². The molecule has 0 radical (unpaired) electrons. The number of rotatable bonds is 6. The third-order valence-corrected chi connectivity index (χ3v) is 6.37. The zero-order chi connectivity index (χ0) is 24.3. The standard InChI is InChI=1S/C25H30N6O3/c1-17(13-22-29-27-16-30(22)3)18-5-4-6-20(14-18)28-23(32)21-15-19(7-10-26-21)24(33)31-11-8-25(2,34)9-12-31/h4-7,10,14-17,34H,8-9,11-13H2,1-3H3,(H,28,32). The van der Waals surface area contributed by atoms with Crippen LogP contribution in [0.4, 0.5) is 5.69 Å². The van der Waals surface area contributed by atoms with E-state index in [0.29, 0.717) is 37.2 Å². The average molecular weight is 463 g/mol. The summed E-state index contributed by atoms with van der Waals surface area (Å²) in [7, 11) is 1.92. The van der Waals surface area contributed by atoms with Gasteiger partial charge >= 0.3 is 0 Å². The zero-order valence-corrected chi connectivity index (χ0v) is 19.7. The van der Waals surface area contributed by atoms with Gasteiger partial charge in [0.2, 0.25) is 0 Å². The van der Waals surface area contributed by atoms with Crippen molar-refractivity contribution in [3.63, 3.8) is 0 Å². The van der Waals surface area contributed by atoms with Gasteiger partial charge in [-0.25, -0.2) is 0 Å². The third-order valence-electron chi connectivity index (χ3n) is 6.37. The molecule has 2 amide bonds. The molecule has 34 heavy (non-hydrogen) atoms. The summed E-state index contributed by atoms with van der Waals surface area (Å²) in [6, 6.07) is 10.8. The van der Waals surface area contributed by atoms with Crippen LogP contribution in [0.25, 0.3) is 0 Å². The van der Waals surface area contributed by atoms with Crippen molar-refractivity contribution < 1.29 is 14.7 Å². The van der Waals surface area contributed by atoms with Crippen LogP contribution in [0.3, 0.4) is 0 Å². The number of amides is 2. The van der Waals surface area contributed by atoms with E-state index in [1.807, 2.05) is 35.9 Å². The average Bonchev–Trinajstić information content (AvgIpc) is 3.23. The quantitative estimate of drug-likeness (QED) is 0.582. The Balaban J connectivity index is 1.42. The molecule has 1 aliphatic heterocycles. The minimum absolute atomic E-state index is 0.161. The predicted molar refractivity (Wildman–Crippen MR) is 128 cm³/mol. The van der Waals surface area contributed by atoms with E-state index in [0.717, 1.165) is 17.8 Å². The monoisotopic (exact) mass is 462 g/mol. The van der Waals surface area contributed by atoms with Crippen molar-refractivity contribution in [2.24, 2.45) is 7.05 Å². The van der Waals surface area contributed by atoms with Crippen molar-refractivity contribution >= 4 is 17.5 Å². The van der Waals surface area contributed by atoms with Gasteiger partial charge in [-0.1, -0.05) is 19.1 Å². The van der Waals surface area contributed by atoms with Crippen LogP contribution < -0.4 is 5.32 Å². The fourth-order valence-electron chi connectivity index (χ4n) is 4.06. The molecule has 0 spiro atoms. The number of likely N-dealkylation sites (tertiary alicyclic amines) is 1. The van der Waals surface area contributed by atoms with Gasteiger partial charge in [-0.05, 0) is 55.5 Å². The Hall–Kier alpha value is -3.59. The van der Waals surface area contributed by atoms with Crippen LogP contribution in [0.5, 0.6) is 0 Å². The molecule has 1 fully saturated rings. The van der Waals surface area contributed by atoms with Gasteiger partial charge < -0.3 is 19.9 Å². The number of nitrogens with one attached hydrogen (secondary N) is 1. The van der Waals surface area contributed by atoms with E-state index >= 15 is 0 Å². The van der Waals surface area contributed by atoms with E-state index in [1.165, 1.54) is 12.3 Å². The summed E-state index contributed by atoms with van der Waals surface area (Å²) in [4.78, 5) is 31.6. The fourth-order valence-corrected chi connectivity index (χ4v) is 4.06. The number of nitrogens with zero attached hydrogens (tertiary/aromatic N) is 5. The third kappa shape index (κ3) is 5.48. The van der Waals surface area contributed by atoms with E-state index in [9.17, 15) is 14.7 Å². The van der Waals surface area contributed by atoms with Crippen LogP contribution in [-0.4, -0.2) is 60.3 Å². The first-order chi connectivity index (χ1) is 16.2. The van der Waals surface area contributed by atoms with E-state index < -0.39 is 5.60 Å². The Bertz CT molecular complexity index is 1180. The second kappa shape index (κ2) is 9.72. The van der Waals surface area contributed by atoms with Crippen molar-refractivity contribution in [1.82, 2.24) is 24.6 Å². The second-order valence-corrected chi connectivity index (χ2v) is 9.26. The van der Waals surface area contributed by atoms with Gasteiger partial charge in [0.1, 0.15) is 17.8 Å². The van der Waals surface area contributed by atoms with Crippen molar-refractivity contribution in [3.05, 3.63) is 71.6 Å². The van der Waals surface area contributed by atoms with E-state index in [2.05, 4.69) is 27.4 Å². The highest BCUT2D eigenvalue weighted by molar-refractivity contribution is 6.04. The lowest BCUT2D eigenvalue weighted by molar-refractivity contribution is -0.00203. The minimum Gasteiger partial charge on any atom is -0.390 e. The van der Waals surface area contributed by atoms with Crippen molar-refractivity contribution in [2.75, 3.05) is 18.4 Å². The largest absolute Gasteiger partial charge is 0.390 e. The number of hydrogen-bond acceptors (Lipinski definition) is 6. The number of carbonyl (C=O) groups excluding carboxylic acids is 2. The number of aromatic nitrogens is 4. The normalized spacial score (nSPS) is 16.2. The molecular formula is C25H30N6O3. The molecule has 178 valence electrons. The topological polar surface area (TPSA) is 113 Å². The summed E-state index contributed by atoms with van der Waals surface area (Å²) >= 11 is 0. The maximum absolute atomic E-state index is 12.9. The molecule has 9 heteroatoms. The van der Waals surface area contributed by atoms with Gasteiger partial charge in [0.15, 0.2) is 0 Å². The van der Waals surface area contributed by atoms with Crippen molar-refractivity contribution in [2.45, 2.75) is 44.6 Å². The SMILES string of the molecule is CC(Cc1nncn1C)c1cccc(NC(=O)c2cc(C(=O)N3CCC(C)(O)CC3)ccn2)c1. The highest BCUT2D eigenvalue weighted by Crippen LogP contribution is 2.24. The smallest absolute Gasteiger partial charge is 0.274 e. The molecule has 2 aromatic heterocycles. The summed E-state index contributed by atoms with van der Waals surface area (Å²) in [5, 5.41) is 21.1. The second-order valence-electron chi connectivity index (χ2n) is 9.26. The molecule has 0 bridgehead atoms. The molecule has 1 aromatic carbocycles. The molecule has 0 aliphatic carbocycles. The van der Waals surface area contributed by atoms with Gasteiger partial charge in [-0.15, -0.1) is 10.2 Å². The molecule has 4 rings (SSSR count). The summed E-state index contributed by atoms with van der Waals surface area (Å²) in [6.07, 6.45) is 4.94. The number of pyridine rings is 1. The lowest BCUT2D eigenvalue weighted by Crippen LogP contribution is -2.45. The molecule has 1 unspecified atom stereocenters. The maximum Gasteiger partial charge on any atom is 0.274 e. The summed E-state index contributed by atoms with van der Waals surface area (Å²) in [6.45, 7) is 4.85. The summed E-state index contributed by atoms with van der Waals surface area (Å²) in [5.74, 6) is 0.537. The molecule has 2 N–H and O–H groups in total. The fraction of sp³-hybridized carbons (Fsp3) is 0.400. The maximum atomic E-state index is 12.9. The first-order valence-electron chi connectivity index (χ1n) is 11.4.